The molecule has 47 heavy (non-hydrogen) atoms. The van der Waals surface area contributed by atoms with Gasteiger partial charge in [0.05, 0.1) is 39.1 Å². The molecule has 0 fully saturated rings. The molecule has 0 radical (unpaired) electrons. The van der Waals surface area contributed by atoms with E-state index < -0.39 is 36.2 Å². The second kappa shape index (κ2) is 18.6. The maximum absolute atomic E-state index is 12.0. The van der Waals surface area contributed by atoms with Gasteiger partial charge in [-0.2, -0.15) is 0 Å². The van der Waals surface area contributed by atoms with E-state index >= 15 is 0 Å². The fourth-order valence-electron chi connectivity index (χ4n) is 3.55. The van der Waals surface area contributed by atoms with Gasteiger partial charge in [-0.15, -0.1) is 0 Å². The topological polar surface area (TPSA) is 272 Å². The van der Waals surface area contributed by atoms with Gasteiger partial charge in [0.2, 0.25) is 5.78 Å². The van der Waals surface area contributed by atoms with Gasteiger partial charge in [-0.1, -0.05) is 34.8 Å². The fourth-order valence-corrected chi connectivity index (χ4v) is 3.84. The van der Waals surface area contributed by atoms with Gasteiger partial charge in [0.15, 0.2) is 0 Å². The van der Waals surface area contributed by atoms with Crippen LogP contribution in [0.1, 0.15) is 44.3 Å². The Bertz CT molecular complexity index is 1520. The van der Waals surface area contributed by atoms with Crippen molar-refractivity contribution in [1.82, 2.24) is 24.3 Å². The zero-order valence-electron chi connectivity index (χ0n) is 25.4. The smallest absolute Gasteiger partial charge is 0.287 e. The largest absolute Gasteiger partial charge is 0.351 e. The molecule has 3 rings (SSSR count). The van der Waals surface area contributed by atoms with E-state index in [1.54, 1.807) is 0 Å². The summed E-state index contributed by atoms with van der Waals surface area (Å²) >= 11 is 16.1. The van der Waals surface area contributed by atoms with Gasteiger partial charge in [0.25, 0.3) is 32.7 Å². The number of Topliss-reactive ketones (excluding diaryl/α,β-unsaturated/α-hetero) is 1. The van der Waals surface area contributed by atoms with E-state index in [0.717, 1.165) is 25.6 Å². The average Bonchev–Trinajstić information content (AvgIpc) is 3.69. The molecule has 0 aliphatic carbocycles. The van der Waals surface area contributed by atoms with Crippen LogP contribution >= 0.6 is 34.8 Å². The van der Waals surface area contributed by atoms with Crippen molar-refractivity contribution in [3.05, 3.63) is 84.2 Å². The predicted octanol–water partition coefficient (Wildman–Crippen LogP) is 2.51. The summed E-state index contributed by atoms with van der Waals surface area (Å²) in [7, 11) is 4.51. The number of alkyl halides is 3. The number of carbonyl (C=O) groups excluding carboxylic acids is 3. The molecule has 0 bridgehead atoms. The molecule has 0 aromatic carbocycles. The molecule has 0 saturated heterocycles. The number of hydrogen-bond donors (Lipinski definition) is 4. The van der Waals surface area contributed by atoms with E-state index in [-0.39, 0.29) is 47.2 Å². The van der Waals surface area contributed by atoms with E-state index in [9.17, 15) is 44.7 Å². The van der Waals surface area contributed by atoms with E-state index in [0.29, 0.717) is 6.42 Å². The molecule has 3 aromatic heterocycles. The van der Waals surface area contributed by atoms with Crippen molar-refractivity contribution in [2.45, 2.75) is 16.6 Å². The number of aromatic nitrogens is 3. The molecule has 2 amide bonds. The molecule has 0 aliphatic heterocycles. The number of amides is 2. The Morgan fingerprint density at radius 3 is 1.26 bits per heavy atom. The molecule has 258 valence electrons. The lowest BCUT2D eigenvalue weighted by atomic mass is 10.3. The number of halogens is 3. The highest BCUT2D eigenvalue weighted by Gasteiger charge is 2.34. The standard InChI is InChI=1S/C15H18N6O6.C7H5Cl3N2O3.C3H10N2/c1-18-8-10(20(24)25)6-12(18)14(22)16-4-3-5-17-15(23)13-7-11(21(26)27)9-19(13)2;1-11-3-4(12(14)15)2-5(11)6(13)7(8,9)10;4-2-1-3-5/h6-9H,3-5H2,1-2H3,(H,16,22)(H,17,23);2-3H,1H3;1-5H2. The van der Waals surface area contributed by atoms with Crippen molar-refractivity contribution in [1.29, 1.82) is 0 Å². The Morgan fingerprint density at radius 1 is 0.681 bits per heavy atom. The third-order valence-electron chi connectivity index (χ3n) is 5.89. The Balaban J connectivity index is 0.000000462. The maximum Gasteiger partial charge on any atom is 0.287 e. The van der Waals surface area contributed by atoms with E-state index in [4.69, 9.17) is 46.3 Å². The van der Waals surface area contributed by atoms with Crippen LogP contribution in [0.2, 0.25) is 0 Å². The minimum absolute atomic E-state index is 0.0262. The van der Waals surface area contributed by atoms with Gasteiger partial charge in [-0.25, -0.2) is 0 Å². The van der Waals surface area contributed by atoms with Gasteiger partial charge in [0, 0.05) is 52.4 Å². The van der Waals surface area contributed by atoms with Crippen molar-refractivity contribution in [2.24, 2.45) is 32.6 Å². The number of hydrogen-bond acceptors (Lipinski definition) is 11. The Kier molecular flexibility index (Phi) is 16.0. The van der Waals surface area contributed by atoms with Crippen LogP contribution in [0.15, 0.2) is 36.8 Å². The lowest BCUT2D eigenvalue weighted by molar-refractivity contribution is -0.385. The third-order valence-corrected chi connectivity index (χ3v) is 6.41. The lowest BCUT2D eigenvalue weighted by Gasteiger charge is -2.08. The summed E-state index contributed by atoms with van der Waals surface area (Å²) in [5, 5.41) is 37.1. The highest BCUT2D eigenvalue weighted by molar-refractivity contribution is 6.77. The molecule has 0 unspecified atom stereocenters. The zero-order chi connectivity index (χ0) is 36.1. The molecule has 3 heterocycles. The van der Waals surface area contributed by atoms with Crippen molar-refractivity contribution >= 4 is 69.5 Å². The van der Waals surface area contributed by atoms with Crippen LogP contribution in [0.4, 0.5) is 17.1 Å². The van der Waals surface area contributed by atoms with Crippen LogP contribution in [0.25, 0.3) is 0 Å². The van der Waals surface area contributed by atoms with Crippen molar-refractivity contribution in [3.8, 4) is 0 Å². The summed E-state index contributed by atoms with van der Waals surface area (Å²) in [6, 6.07) is 3.42. The second-order valence-corrected chi connectivity index (χ2v) is 11.8. The minimum atomic E-state index is -2.11. The Hall–Kier alpha value is -4.56. The number of rotatable bonds is 12. The SMILES string of the molecule is Cn1cc([N+](=O)[O-])cc1C(=O)C(Cl)(Cl)Cl.Cn1cc([N+](=O)[O-])cc1C(=O)NCCCNC(=O)c1cc([N+](=O)[O-])cn1C.NCCCN. The van der Waals surface area contributed by atoms with Gasteiger partial charge >= 0.3 is 0 Å². The van der Waals surface area contributed by atoms with Gasteiger partial charge in [-0.05, 0) is 25.9 Å². The molecule has 22 heteroatoms. The number of nitrogens with zero attached hydrogens (tertiary/aromatic N) is 6. The van der Waals surface area contributed by atoms with Gasteiger partial charge < -0.3 is 35.8 Å². The molecule has 0 aliphatic rings. The van der Waals surface area contributed by atoms with Crippen molar-refractivity contribution in [2.75, 3.05) is 26.2 Å². The molecular formula is C25H33Cl3N10O9. The number of ketones is 1. The van der Waals surface area contributed by atoms with E-state index in [1.807, 2.05) is 0 Å². The molecule has 0 atom stereocenters. The van der Waals surface area contributed by atoms with Gasteiger partial charge in [0.1, 0.15) is 11.4 Å². The maximum atomic E-state index is 12.0. The summed E-state index contributed by atoms with van der Waals surface area (Å²) in [4.78, 5) is 65.6. The highest BCUT2D eigenvalue weighted by Crippen LogP contribution is 2.31. The molecule has 0 spiro atoms. The minimum Gasteiger partial charge on any atom is -0.351 e. The zero-order valence-corrected chi connectivity index (χ0v) is 27.6. The van der Waals surface area contributed by atoms with Crippen LogP contribution in [0.3, 0.4) is 0 Å². The molecule has 19 nitrogen and oxygen atoms in total. The van der Waals surface area contributed by atoms with Crippen LogP contribution in [0.5, 0.6) is 0 Å². The molecule has 6 N–H and O–H groups in total. The summed E-state index contributed by atoms with van der Waals surface area (Å²) in [5.74, 6) is -1.73. The van der Waals surface area contributed by atoms with Gasteiger partial charge in [-0.3, -0.25) is 44.7 Å². The first-order valence-corrected chi connectivity index (χ1v) is 14.5. The van der Waals surface area contributed by atoms with Crippen LogP contribution in [-0.2, 0) is 21.1 Å². The third kappa shape index (κ3) is 12.6. The summed E-state index contributed by atoms with van der Waals surface area (Å²) in [6.45, 7) is 1.92. The first-order valence-electron chi connectivity index (χ1n) is 13.4. The first kappa shape index (κ1) is 40.5. The lowest BCUT2D eigenvalue weighted by Crippen LogP contribution is -2.31. The predicted molar refractivity (Wildman–Crippen MR) is 173 cm³/mol. The van der Waals surface area contributed by atoms with Crippen LogP contribution in [0, 0.1) is 30.3 Å². The number of nitrogens with one attached hydrogen (secondary N) is 2. The van der Waals surface area contributed by atoms with E-state index in [2.05, 4.69) is 10.6 Å². The number of aryl methyl sites for hydroxylation is 3. The second-order valence-electron chi connectivity index (χ2n) is 9.48. The molecule has 3 aromatic rings. The highest BCUT2D eigenvalue weighted by atomic mass is 35.6. The summed E-state index contributed by atoms with van der Waals surface area (Å²) < 4.78 is 1.84. The Labute approximate surface area is 282 Å². The fraction of sp³-hybridized carbons (Fsp3) is 0.400. The number of carbonyl (C=O) groups is 3. The Morgan fingerprint density at radius 2 is 1.00 bits per heavy atom. The molecular weight excluding hydrogens is 691 g/mol. The van der Waals surface area contributed by atoms with Crippen LogP contribution < -0.4 is 22.1 Å². The average molecular weight is 724 g/mol. The van der Waals surface area contributed by atoms with E-state index in [1.165, 1.54) is 65.6 Å². The van der Waals surface area contributed by atoms with Crippen LogP contribution in [-0.4, -0.2) is 76.0 Å². The van der Waals surface area contributed by atoms with Crippen molar-refractivity contribution in [3.63, 3.8) is 0 Å². The quantitative estimate of drug-likeness (QED) is 0.0693. The normalized spacial score (nSPS) is 10.6. The van der Waals surface area contributed by atoms with Crippen molar-refractivity contribution < 1.29 is 29.2 Å². The summed E-state index contributed by atoms with van der Waals surface area (Å²) in [5.41, 5.74) is 9.83. The number of nitrogens with two attached hydrogens (primary N) is 2. The summed E-state index contributed by atoms with van der Waals surface area (Å²) in [6.07, 6.45) is 5.02. The molecule has 0 saturated carbocycles. The first-order chi connectivity index (χ1) is 21.8. The monoisotopic (exact) mass is 722 g/mol. The number of nitro groups is 3.